The summed E-state index contributed by atoms with van der Waals surface area (Å²) in [6, 6.07) is 37.7. The van der Waals surface area contributed by atoms with Crippen molar-refractivity contribution in [3.63, 3.8) is 0 Å². The minimum absolute atomic E-state index is 0.0263. The van der Waals surface area contributed by atoms with Crippen molar-refractivity contribution < 1.29 is 30.5 Å². The first kappa shape index (κ1) is 42.6. The molecule has 5 N–H and O–H groups in total. The zero-order valence-electron chi connectivity index (χ0n) is 36.6. The Labute approximate surface area is 368 Å². The van der Waals surface area contributed by atoms with Crippen molar-refractivity contribution in [3.05, 3.63) is 198 Å². The summed E-state index contributed by atoms with van der Waals surface area (Å²) >= 11 is 0. The van der Waals surface area contributed by atoms with Gasteiger partial charge in [-0.1, -0.05) is 126 Å². The number of rotatable bonds is 3. The van der Waals surface area contributed by atoms with Crippen molar-refractivity contribution in [2.24, 2.45) is 0 Å². The maximum atomic E-state index is 12.5. The third-order valence-electron chi connectivity index (χ3n) is 12.4. The Hall–Kier alpha value is -7.06. The monoisotopic (exact) mass is 839 g/mol. The maximum Gasteiger partial charge on any atom is 0.270 e. The average Bonchev–Trinajstić information content (AvgIpc) is 3.23. The maximum absolute atomic E-state index is 12.5. The molecule has 0 aliphatic heterocycles. The zero-order chi connectivity index (χ0) is 45.0. The number of phenols is 5. The molecule has 8 rings (SSSR count). The lowest BCUT2D eigenvalue weighted by atomic mass is 9.81. The number of phenolic OH excluding ortho intramolecular Hbond substituents is 5. The molecule has 0 saturated carbocycles. The van der Waals surface area contributed by atoms with E-state index < -0.39 is 4.92 Å². The van der Waals surface area contributed by atoms with Crippen LogP contribution in [0.2, 0.25) is 0 Å². The summed E-state index contributed by atoms with van der Waals surface area (Å²) in [5.41, 5.74) is 9.09. The lowest BCUT2D eigenvalue weighted by Crippen LogP contribution is -2.13. The quantitative estimate of drug-likeness (QED) is 0.0880. The number of hydrogen-bond donors (Lipinski definition) is 5. The Morgan fingerprint density at radius 3 is 0.857 bits per heavy atom. The van der Waals surface area contributed by atoms with Gasteiger partial charge in [0, 0.05) is 55.4 Å². The van der Waals surface area contributed by atoms with Gasteiger partial charge in [-0.05, 0) is 113 Å². The molecule has 0 unspecified atom stereocenters. The second-order valence-corrected chi connectivity index (χ2v) is 19.1. The van der Waals surface area contributed by atoms with Crippen LogP contribution in [0.25, 0.3) is 22.3 Å². The van der Waals surface area contributed by atoms with Crippen LogP contribution in [-0.2, 0) is 42.9 Å². The molecule has 0 spiro atoms. The summed E-state index contributed by atoms with van der Waals surface area (Å²) in [5, 5.41) is 73.4. The lowest BCUT2D eigenvalue weighted by Gasteiger charge is -2.24. The van der Waals surface area contributed by atoms with E-state index in [2.05, 4.69) is 41.5 Å². The number of benzene rings is 7. The Balaban J connectivity index is 1.45. The summed E-state index contributed by atoms with van der Waals surface area (Å²) in [6.07, 6.45) is 0.396. The minimum Gasteiger partial charge on any atom is -0.507 e. The first-order valence-electron chi connectivity index (χ1n) is 21.3. The van der Waals surface area contributed by atoms with Crippen molar-refractivity contribution in [3.8, 4) is 51.0 Å². The van der Waals surface area contributed by atoms with Crippen LogP contribution in [0.15, 0.2) is 121 Å². The van der Waals surface area contributed by atoms with Crippen LogP contribution in [-0.4, -0.2) is 30.5 Å². The minimum atomic E-state index is -0.501. The smallest absolute Gasteiger partial charge is 0.270 e. The first-order valence-corrected chi connectivity index (χ1v) is 21.3. The van der Waals surface area contributed by atoms with Crippen molar-refractivity contribution in [2.75, 3.05) is 0 Å². The second-order valence-electron chi connectivity index (χ2n) is 19.1. The Morgan fingerprint density at radius 2 is 0.619 bits per heavy atom. The molecule has 0 fully saturated rings. The normalized spacial score (nSPS) is 13.0. The summed E-state index contributed by atoms with van der Waals surface area (Å²) in [7, 11) is 0. The second kappa shape index (κ2) is 16.3. The van der Waals surface area contributed by atoms with E-state index in [4.69, 9.17) is 0 Å². The molecule has 0 saturated heterocycles. The number of aromatic hydroxyl groups is 5. The van der Waals surface area contributed by atoms with Crippen LogP contribution >= 0.6 is 0 Å². The molecule has 7 aromatic rings. The molecule has 8 heteroatoms. The van der Waals surface area contributed by atoms with Gasteiger partial charge < -0.3 is 25.5 Å². The predicted octanol–water partition coefficient (Wildman–Crippen LogP) is 12.3. The van der Waals surface area contributed by atoms with Gasteiger partial charge in [0.15, 0.2) is 0 Å². The molecule has 0 radical (unpaired) electrons. The third-order valence-corrected chi connectivity index (χ3v) is 12.4. The molecule has 1 aliphatic rings. The van der Waals surface area contributed by atoms with Gasteiger partial charge in [0.25, 0.3) is 5.69 Å². The van der Waals surface area contributed by atoms with Gasteiger partial charge in [-0.3, -0.25) is 10.1 Å². The van der Waals surface area contributed by atoms with Crippen molar-refractivity contribution in [1.29, 1.82) is 0 Å². The molecule has 1 aliphatic carbocycles. The van der Waals surface area contributed by atoms with Crippen LogP contribution in [0.1, 0.15) is 108 Å². The molecule has 8 nitrogen and oxygen atoms in total. The van der Waals surface area contributed by atoms with Crippen LogP contribution in [0, 0.1) is 10.1 Å². The standard InChI is InChI=1S/C55H53NO7/c1-54(2,3)46-26-40-22-38-19-34(32-13-9-7-10-14-32)17-36(49(38)57)21-37-18-35(33-15-11-8-12-16-33)20-39(50(37)58)23-41-27-47(55(4,5)6)29-43(52(41)60)25-45-31-48(56(62)63)30-44(53(45)61)24-42(28-46)51(40)59/h7-20,26-31,57-61H,21-25H2,1-6H3. The number of fused-ring (bicyclic) bond motifs is 10. The van der Waals surface area contributed by atoms with Gasteiger partial charge in [0.05, 0.1) is 4.92 Å². The average molecular weight is 840 g/mol. The molecule has 0 aromatic heterocycles. The molecular weight excluding hydrogens is 787 g/mol. The Kier molecular flexibility index (Phi) is 11.0. The summed E-state index contributed by atoms with van der Waals surface area (Å²) in [5.74, 6) is -0.213. The SMILES string of the molecule is CC(C)(C)c1cc2c(O)c(c1)Cc1cc([N+](=O)[O-])cc(c1O)Cc1cc(C(C)(C)C)cc(c1O)Cc1cc(-c3ccccc3)cc(c1O)Cc1cc(-c3ccccc3)cc(c1O)C2. The molecular formula is C55H53NO7. The van der Waals surface area contributed by atoms with Gasteiger partial charge in [0.1, 0.15) is 28.7 Å². The van der Waals surface area contributed by atoms with E-state index in [9.17, 15) is 35.6 Å². The molecule has 10 bridgehead atoms. The number of hydrogen-bond acceptors (Lipinski definition) is 7. The predicted molar refractivity (Wildman–Crippen MR) is 249 cm³/mol. The van der Waals surface area contributed by atoms with Gasteiger partial charge in [-0.25, -0.2) is 0 Å². The van der Waals surface area contributed by atoms with E-state index >= 15 is 0 Å². The fourth-order valence-electron chi connectivity index (χ4n) is 8.72. The van der Waals surface area contributed by atoms with E-state index in [0.29, 0.717) is 44.5 Å². The number of non-ortho nitro benzene ring substituents is 1. The molecule has 7 aromatic carbocycles. The summed E-state index contributed by atoms with van der Waals surface area (Å²) in [4.78, 5) is 12.0. The van der Waals surface area contributed by atoms with Crippen molar-refractivity contribution >= 4 is 5.69 Å². The Morgan fingerprint density at radius 1 is 0.381 bits per heavy atom. The fourth-order valence-corrected chi connectivity index (χ4v) is 8.72. The number of nitrogens with zero attached hydrogens (tertiary/aromatic N) is 1. The van der Waals surface area contributed by atoms with E-state index in [-0.39, 0.29) is 88.5 Å². The van der Waals surface area contributed by atoms with Gasteiger partial charge >= 0.3 is 0 Å². The van der Waals surface area contributed by atoms with Crippen LogP contribution in [0.5, 0.6) is 28.7 Å². The number of nitro benzene ring substituents is 1. The highest BCUT2D eigenvalue weighted by Crippen LogP contribution is 2.43. The van der Waals surface area contributed by atoms with Gasteiger partial charge in [0.2, 0.25) is 0 Å². The molecule has 0 atom stereocenters. The molecule has 0 heterocycles. The summed E-state index contributed by atoms with van der Waals surface area (Å²) in [6.45, 7) is 12.3. The highest BCUT2D eigenvalue weighted by atomic mass is 16.6. The third kappa shape index (κ3) is 8.71. The Bertz CT molecular complexity index is 2720. The lowest BCUT2D eigenvalue weighted by molar-refractivity contribution is -0.385. The van der Waals surface area contributed by atoms with Crippen LogP contribution in [0.4, 0.5) is 5.69 Å². The first-order chi connectivity index (χ1) is 29.8. The van der Waals surface area contributed by atoms with E-state index in [1.807, 2.05) is 109 Å². The summed E-state index contributed by atoms with van der Waals surface area (Å²) < 4.78 is 0. The van der Waals surface area contributed by atoms with Crippen LogP contribution < -0.4 is 0 Å². The van der Waals surface area contributed by atoms with Gasteiger partial charge in [-0.2, -0.15) is 0 Å². The topological polar surface area (TPSA) is 144 Å². The van der Waals surface area contributed by atoms with E-state index in [1.54, 1.807) is 0 Å². The molecule has 63 heavy (non-hydrogen) atoms. The largest absolute Gasteiger partial charge is 0.507 e. The van der Waals surface area contributed by atoms with E-state index in [0.717, 1.165) is 33.4 Å². The number of nitro groups is 1. The van der Waals surface area contributed by atoms with Crippen LogP contribution in [0.3, 0.4) is 0 Å². The fraction of sp³-hybridized carbons (Fsp3) is 0.236. The highest BCUT2D eigenvalue weighted by molar-refractivity contribution is 5.71. The zero-order valence-corrected chi connectivity index (χ0v) is 36.6. The molecule has 0 amide bonds. The molecule has 320 valence electrons. The van der Waals surface area contributed by atoms with Gasteiger partial charge in [-0.15, -0.1) is 0 Å². The highest BCUT2D eigenvalue weighted by Gasteiger charge is 2.27. The van der Waals surface area contributed by atoms with Crippen molar-refractivity contribution in [2.45, 2.75) is 84.5 Å². The van der Waals surface area contributed by atoms with E-state index in [1.165, 1.54) is 12.1 Å². The van der Waals surface area contributed by atoms with Crippen molar-refractivity contribution in [1.82, 2.24) is 0 Å².